The van der Waals surface area contributed by atoms with Crippen molar-refractivity contribution in [2.45, 2.75) is 20.8 Å². The summed E-state index contributed by atoms with van der Waals surface area (Å²) >= 11 is 0. The standard InChI is InChI=1S/C9H7.3C2H3O.Ti/c1-2-5-9-7-3-6-8(9)4-1;3*1-2-3;/h1-7H;3*1H3;/q4*-1;+4. The average Bonchev–Trinajstić information content (AvgIpc) is 2.80. The molecule has 3 nitrogen and oxygen atoms in total. The number of fused-ring (bicyclic) bond motifs is 1. The summed E-state index contributed by atoms with van der Waals surface area (Å²) in [5, 5.41) is 2.66. The molecule has 4 heteroatoms. The Balaban J connectivity index is -0.000000220. The largest absolute Gasteiger partial charge is 4.00 e. The van der Waals surface area contributed by atoms with Crippen LogP contribution in [0.2, 0.25) is 0 Å². The Morgan fingerprint density at radius 1 is 0.842 bits per heavy atom. The second kappa shape index (κ2) is 18.9. The molecule has 0 heterocycles. The maximum Gasteiger partial charge on any atom is 4.00 e. The third-order valence-corrected chi connectivity index (χ3v) is 1.55. The average molecular weight is 292 g/mol. The quantitative estimate of drug-likeness (QED) is 0.554. The monoisotopic (exact) mass is 292 g/mol. The van der Waals surface area contributed by atoms with E-state index >= 15 is 0 Å². The molecule has 0 N–H and O–H groups in total. The molecule has 0 saturated carbocycles. The summed E-state index contributed by atoms with van der Waals surface area (Å²) in [7, 11) is 0. The molecule has 0 spiro atoms. The Kier molecular flexibility index (Phi) is 22.6. The molecule has 0 aliphatic carbocycles. The molecule has 0 aliphatic rings. The minimum atomic E-state index is 0. The van der Waals surface area contributed by atoms with Crippen LogP contribution >= 0.6 is 0 Å². The Labute approximate surface area is 129 Å². The van der Waals surface area contributed by atoms with Gasteiger partial charge in [-0.25, -0.2) is 0 Å². The summed E-state index contributed by atoms with van der Waals surface area (Å²) in [6.45, 7) is 3.96. The third kappa shape index (κ3) is 14.5. The molecule has 2 aromatic rings. The van der Waals surface area contributed by atoms with Gasteiger partial charge in [-0.3, -0.25) is 18.9 Å². The number of benzene rings is 1. The zero-order valence-electron chi connectivity index (χ0n) is 11.3. The number of carbonyl (C=O) groups excluding carboxylic acids is 3. The second-order valence-corrected chi connectivity index (χ2v) is 2.77. The van der Waals surface area contributed by atoms with Crippen molar-refractivity contribution in [1.29, 1.82) is 0 Å². The molecule has 0 bridgehead atoms. The van der Waals surface area contributed by atoms with Gasteiger partial charge in [0.05, 0.1) is 0 Å². The van der Waals surface area contributed by atoms with Gasteiger partial charge >= 0.3 is 21.7 Å². The van der Waals surface area contributed by atoms with E-state index in [1.165, 1.54) is 50.4 Å². The molecule has 2 aromatic carbocycles. The minimum absolute atomic E-state index is 0. The van der Waals surface area contributed by atoms with Gasteiger partial charge in [-0.2, -0.15) is 38.3 Å². The van der Waals surface area contributed by atoms with E-state index in [-0.39, 0.29) is 21.7 Å². The van der Waals surface area contributed by atoms with Crippen LogP contribution in [-0.2, 0) is 36.1 Å². The van der Waals surface area contributed by atoms with E-state index < -0.39 is 0 Å². The van der Waals surface area contributed by atoms with Crippen molar-refractivity contribution in [1.82, 2.24) is 0 Å². The Bertz CT molecular complexity index is 391. The molecular formula is C15H16O3Ti. The fourth-order valence-corrected chi connectivity index (χ4v) is 1.07. The molecule has 0 aromatic heterocycles. The van der Waals surface area contributed by atoms with Gasteiger partial charge in [-0.05, 0) is 0 Å². The summed E-state index contributed by atoms with van der Waals surface area (Å²) in [5.74, 6) is 0. The Morgan fingerprint density at radius 3 is 1.68 bits per heavy atom. The van der Waals surface area contributed by atoms with Crippen molar-refractivity contribution in [3.8, 4) is 0 Å². The van der Waals surface area contributed by atoms with Gasteiger partial charge in [-0.1, -0.05) is 6.07 Å². The first-order valence-electron chi connectivity index (χ1n) is 5.18. The van der Waals surface area contributed by atoms with Crippen molar-refractivity contribution in [3.05, 3.63) is 42.5 Å². The van der Waals surface area contributed by atoms with Crippen LogP contribution < -0.4 is 0 Å². The molecule has 19 heavy (non-hydrogen) atoms. The Morgan fingerprint density at radius 2 is 1.26 bits per heavy atom. The summed E-state index contributed by atoms with van der Waals surface area (Å²) in [4.78, 5) is 26.0. The zero-order valence-corrected chi connectivity index (χ0v) is 12.8. The van der Waals surface area contributed by atoms with Crippen molar-refractivity contribution >= 4 is 29.6 Å². The normalized spacial score (nSPS) is 6.89. The first-order chi connectivity index (χ1) is 8.71. The molecule has 98 valence electrons. The Hall–Kier alpha value is -1.45. The van der Waals surface area contributed by atoms with Gasteiger partial charge in [0.2, 0.25) is 0 Å². The second-order valence-electron chi connectivity index (χ2n) is 2.77. The van der Waals surface area contributed by atoms with Gasteiger partial charge in [0, 0.05) is 0 Å². The SMILES string of the molecule is C[C-]=O.C[C-]=O.C[C-]=O.[Ti+4].c1ccc2[cH-]ccc2c1. The number of rotatable bonds is 0. The molecule has 0 fully saturated rings. The number of hydrogen-bond acceptors (Lipinski definition) is 3. The summed E-state index contributed by atoms with van der Waals surface area (Å²) in [6, 6.07) is 14.7. The van der Waals surface area contributed by atoms with Crippen molar-refractivity contribution in [2.24, 2.45) is 0 Å². The minimum Gasteiger partial charge on any atom is -0.542 e. The fourth-order valence-electron chi connectivity index (χ4n) is 1.07. The maximum atomic E-state index is 8.68. The number of hydrogen-bond donors (Lipinski definition) is 0. The first-order valence-corrected chi connectivity index (χ1v) is 5.18. The fraction of sp³-hybridized carbons (Fsp3) is 0.200. The van der Waals surface area contributed by atoms with Crippen LogP contribution in [0.4, 0.5) is 0 Å². The summed E-state index contributed by atoms with van der Waals surface area (Å²) in [6.07, 6.45) is 4.50. The van der Waals surface area contributed by atoms with Gasteiger partial charge in [-0.15, -0.1) is 29.7 Å². The van der Waals surface area contributed by atoms with E-state index in [1.54, 1.807) is 0 Å². The van der Waals surface area contributed by atoms with Gasteiger partial charge in [0.25, 0.3) is 0 Å². The van der Waals surface area contributed by atoms with Gasteiger partial charge < -0.3 is 14.4 Å². The molecule has 0 radical (unpaired) electrons. The van der Waals surface area contributed by atoms with Crippen LogP contribution in [0.5, 0.6) is 0 Å². The van der Waals surface area contributed by atoms with Gasteiger partial charge in [0.15, 0.2) is 0 Å². The third-order valence-electron chi connectivity index (χ3n) is 1.55. The molecule has 0 amide bonds. The van der Waals surface area contributed by atoms with Crippen molar-refractivity contribution in [2.75, 3.05) is 0 Å². The van der Waals surface area contributed by atoms with Crippen molar-refractivity contribution in [3.63, 3.8) is 0 Å². The van der Waals surface area contributed by atoms with Crippen molar-refractivity contribution < 1.29 is 36.1 Å². The van der Waals surface area contributed by atoms with E-state index in [0.717, 1.165) is 0 Å². The van der Waals surface area contributed by atoms with E-state index in [1.807, 2.05) is 0 Å². The predicted octanol–water partition coefficient (Wildman–Crippen LogP) is 2.90. The van der Waals surface area contributed by atoms with E-state index in [0.29, 0.717) is 0 Å². The molecule has 2 rings (SSSR count). The van der Waals surface area contributed by atoms with E-state index in [4.69, 9.17) is 14.4 Å². The molecule has 0 atom stereocenters. The van der Waals surface area contributed by atoms with E-state index in [9.17, 15) is 0 Å². The zero-order chi connectivity index (χ0) is 14.2. The van der Waals surface area contributed by atoms with Crippen LogP contribution in [0.1, 0.15) is 20.8 Å². The first kappa shape index (κ1) is 22.7. The van der Waals surface area contributed by atoms with Crippen LogP contribution in [0.15, 0.2) is 42.5 Å². The van der Waals surface area contributed by atoms with Crippen LogP contribution in [0.25, 0.3) is 10.8 Å². The van der Waals surface area contributed by atoms with Crippen LogP contribution in [-0.4, -0.2) is 18.9 Å². The molecular weight excluding hydrogens is 276 g/mol. The molecule has 0 aliphatic heterocycles. The predicted molar refractivity (Wildman–Crippen MR) is 73.6 cm³/mol. The van der Waals surface area contributed by atoms with Crippen LogP contribution in [0, 0.1) is 0 Å². The molecule has 0 unspecified atom stereocenters. The maximum absolute atomic E-state index is 8.68. The van der Waals surface area contributed by atoms with Crippen LogP contribution in [0.3, 0.4) is 0 Å². The smallest absolute Gasteiger partial charge is 0.542 e. The van der Waals surface area contributed by atoms with Gasteiger partial charge in [0.1, 0.15) is 0 Å². The van der Waals surface area contributed by atoms with E-state index in [2.05, 4.69) is 42.5 Å². The summed E-state index contributed by atoms with van der Waals surface area (Å²) < 4.78 is 0. The topological polar surface area (TPSA) is 51.2 Å². The molecule has 0 saturated heterocycles. The summed E-state index contributed by atoms with van der Waals surface area (Å²) in [5.41, 5.74) is 0.